The summed E-state index contributed by atoms with van der Waals surface area (Å²) in [7, 11) is 6.03. The zero-order valence-electron chi connectivity index (χ0n) is 13.8. The predicted octanol–water partition coefficient (Wildman–Crippen LogP) is 0.993. The number of aromatic nitrogens is 2. The molecular formula is C16H26N4O2. The number of ether oxygens (including phenoxy) is 1. The molecule has 2 fully saturated rings. The van der Waals surface area contributed by atoms with Gasteiger partial charge in [-0.15, -0.1) is 0 Å². The Balaban J connectivity index is 1.66. The highest BCUT2D eigenvalue weighted by Gasteiger charge is 2.44. The summed E-state index contributed by atoms with van der Waals surface area (Å²) in [6.07, 6.45) is 4.93. The van der Waals surface area contributed by atoms with Crippen LogP contribution in [0, 0.1) is 5.92 Å². The molecule has 3 heterocycles. The van der Waals surface area contributed by atoms with Gasteiger partial charge < -0.3 is 14.5 Å². The van der Waals surface area contributed by atoms with Crippen LogP contribution in [-0.2, 0) is 11.8 Å². The summed E-state index contributed by atoms with van der Waals surface area (Å²) in [5, 5.41) is 4.23. The molecule has 0 aromatic carbocycles. The second kappa shape index (κ2) is 6.01. The lowest BCUT2D eigenvalue weighted by molar-refractivity contribution is -0.0451. The maximum atomic E-state index is 12.6. The van der Waals surface area contributed by atoms with Gasteiger partial charge >= 0.3 is 0 Å². The molecule has 2 atom stereocenters. The number of aryl methyl sites for hydroxylation is 1. The predicted molar refractivity (Wildman–Crippen MR) is 83.7 cm³/mol. The molecule has 0 radical (unpaired) electrons. The third-order valence-corrected chi connectivity index (χ3v) is 4.67. The van der Waals surface area contributed by atoms with Gasteiger partial charge in [-0.05, 0) is 45.3 Å². The van der Waals surface area contributed by atoms with Crippen molar-refractivity contribution in [3.05, 3.63) is 18.0 Å². The number of nitrogens with zero attached hydrogens (tertiary/aromatic N) is 4. The molecule has 122 valence electrons. The molecule has 6 nitrogen and oxygen atoms in total. The summed E-state index contributed by atoms with van der Waals surface area (Å²) < 4.78 is 7.84. The first-order valence-corrected chi connectivity index (χ1v) is 8.05. The van der Waals surface area contributed by atoms with E-state index in [-0.39, 0.29) is 11.5 Å². The monoisotopic (exact) mass is 306 g/mol. The number of rotatable bonds is 3. The molecule has 6 heteroatoms. The molecule has 0 aliphatic carbocycles. The third-order valence-electron chi connectivity index (χ3n) is 4.67. The number of hydrogen-bond acceptors (Lipinski definition) is 4. The van der Waals surface area contributed by atoms with Crippen LogP contribution in [0.25, 0.3) is 0 Å². The van der Waals surface area contributed by atoms with Crippen molar-refractivity contribution in [2.45, 2.75) is 24.9 Å². The standard InChI is InChI=1S/C16H26N4O2/c1-18(2)10-13-9-16(22-11-13)6-4-7-20(12-16)15(21)14-5-8-19(3)17-14/h5,8,13H,4,6-7,9-12H2,1-3H3/t13-,16-/m1/s1. The minimum Gasteiger partial charge on any atom is -0.373 e. The number of likely N-dealkylation sites (tertiary alicyclic amines) is 1. The number of carbonyl (C=O) groups excluding carboxylic acids is 1. The Morgan fingerprint density at radius 3 is 3.05 bits per heavy atom. The lowest BCUT2D eigenvalue weighted by Crippen LogP contribution is -2.50. The molecule has 2 aliphatic rings. The van der Waals surface area contributed by atoms with Crippen LogP contribution < -0.4 is 0 Å². The molecule has 0 saturated carbocycles. The Bertz CT molecular complexity index is 542. The molecule has 1 amide bonds. The van der Waals surface area contributed by atoms with Crippen molar-refractivity contribution in [2.75, 3.05) is 40.3 Å². The summed E-state index contributed by atoms with van der Waals surface area (Å²) in [5.74, 6) is 0.597. The molecule has 2 aliphatic heterocycles. The van der Waals surface area contributed by atoms with Gasteiger partial charge in [0.05, 0.1) is 18.8 Å². The molecule has 2 saturated heterocycles. The van der Waals surface area contributed by atoms with E-state index >= 15 is 0 Å². The molecule has 1 spiro atoms. The second-order valence-corrected chi connectivity index (χ2v) is 7.03. The molecule has 22 heavy (non-hydrogen) atoms. The van der Waals surface area contributed by atoms with Crippen LogP contribution in [0.4, 0.5) is 0 Å². The van der Waals surface area contributed by atoms with E-state index in [0.717, 1.165) is 39.0 Å². The minimum atomic E-state index is -0.136. The van der Waals surface area contributed by atoms with E-state index in [4.69, 9.17) is 4.74 Å². The van der Waals surface area contributed by atoms with Gasteiger partial charge in [0.25, 0.3) is 5.91 Å². The highest BCUT2D eigenvalue weighted by Crippen LogP contribution is 2.37. The molecule has 3 rings (SSSR count). The van der Waals surface area contributed by atoms with Crippen LogP contribution in [0.15, 0.2) is 12.3 Å². The van der Waals surface area contributed by atoms with Crippen LogP contribution >= 0.6 is 0 Å². The normalized spacial score (nSPS) is 28.7. The van der Waals surface area contributed by atoms with Gasteiger partial charge in [0.15, 0.2) is 0 Å². The van der Waals surface area contributed by atoms with Gasteiger partial charge in [0.2, 0.25) is 0 Å². The first-order valence-electron chi connectivity index (χ1n) is 8.05. The average Bonchev–Trinajstić information content (AvgIpc) is 3.05. The first-order chi connectivity index (χ1) is 10.5. The van der Waals surface area contributed by atoms with Gasteiger partial charge in [0.1, 0.15) is 5.69 Å². The van der Waals surface area contributed by atoms with Crippen molar-refractivity contribution in [3.63, 3.8) is 0 Å². The fourth-order valence-corrected chi connectivity index (χ4v) is 3.82. The van der Waals surface area contributed by atoms with Crippen molar-refractivity contribution < 1.29 is 9.53 Å². The number of hydrogen-bond donors (Lipinski definition) is 0. The minimum absolute atomic E-state index is 0.0272. The first kappa shape index (κ1) is 15.5. The summed E-state index contributed by atoms with van der Waals surface area (Å²) in [4.78, 5) is 16.7. The van der Waals surface area contributed by atoms with Crippen LogP contribution in [0.5, 0.6) is 0 Å². The molecule has 0 unspecified atom stereocenters. The smallest absolute Gasteiger partial charge is 0.274 e. The highest BCUT2D eigenvalue weighted by atomic mass is 16.5. The number of amides is 1. The SMILES string of the molecule is CN(C)C[C@@H]1CO[C@]2(CCCN(C(=O)c3ccn(C)n3)C2)C1. The van der Waals surface area contributed by atoms with E-state index in [0.29, 0.717) is 18.2 Å². The Hall–Kier alpha value is -1.40. The lowest BCUT2D eigenvalue weighted by atomic mass is 9.86. The quantitative estimate of drug-likeness (QED) is 0.836. The molecular weight excluding hydrogens is 280 g/mol. The van der Waals surface area contributed by atoms with Gasteiger partial charge in [-0.1, -0.05) is 0 Å². The fourth-order valence-electron chi connectivity index (χ4n) is 3.82. The summed E-state index contributed by atoms with van der Waals surface area (Å²) >= 11 is 0. The number of carbonyl (C=O) groups is 1. The van der Waals surface area contributed by atoms with Crippen molar-refractivity contribution in [1.82, 2.24) is 19.6 Å². The van der Waals surface area contributed by atoms with Crippen LogP contribution in [0.3, 0.4) is 0 Å². The Kier molecular flexibility index (Phi) is 4.23. The van der Waals surface area contributed by atoms with Gasteiger partial charge in [-0.25, -0.2) is 0 Å². The molecule has 0 N–H and O–H groups in total. The maximum absolute atomic E-state index is 12.6. The Morgan fingerprint density at radius 2 is 2.36 bits per heavy atom. The topological polar surface area (TPSA) is 50.6 Å². The second-order valence-electron chi connectivity index (χ2n) is 7.03. The van der Waals surface area contributed by atoms with E-state index in [9.17, 15) is 4.79 Å². The molecule has 1 aromatic heterocycles. The van der Waals surface area contributed by atoms with Gasteiger partial charge in [-0.2, -0.15) is 5.10 Å². The summed E-state index contributed by atoms with van der Waals surface area (Å²) in [5.41, 5.74) is 0.394. The summed E-state index contributed by atoms with van der Waals surface area (Å²) in [6, 6.07) is 1.79. The van der Waals surface area contributed by atoms with E-state index < -0.39 is 0 Å². The average molecular weight is 306 g/mol. The van der Waals surface area contributed by atoms with Crippen molar-refractivity contribution >= 4 is 5.91 Å². The molecule has 0 bridgehead atoms. The Morgan fingerprint density at radius 1 is 1.55 bits per heavy atom. The lowest BCUT2D eigenvalue weighted by Gasteiger charge is -2.39. The number of piperidine rings is 1. The van der Waals surface area contributed by atoms with Crippen molar-refractivity contribution in [2.24, 2.45) is 13.0 Å². The van der Waals surface area contributed by atoms with Crippen LogP contribution in [0.1, 0.15) is 29.8 Å². The van der Waals surface area contributed by atoms with E-state index in [1.54, 1.807) is 10.7 Å². The maximum Gasteiger partial charge on any atom is 0.274 e. The van der Waals surface area contributed by atoms with Crippen LogP contribution in [0.2, 0.25) is 0 Å². The van der Waals surface area contributed by atoms with Crippen molar-refractivity contribution in [3.8, 4) is 0 Å². The van der Waals surface area contributed by atoms with E-state index in [1.807, 2.05) is 18.1 Å². The fraction of sp³-hybridized carbons (Fsp3) is 0.750. The summed E-state index contributed by atoms with van der Waals surface area (Å²) in [6.45, 7) is 3.37. The van der Waals surface area contributed by atoms with E-state index in [1.165, 1.54) is 0 Å². The zero-order chi connectivity index (χ0) is 15.7. The third kappa shape index (κ3) is 3.17. The van der Waals surface area contributed by atoms with E-state index in [2.05, 4.69) is 24.1 Å². The Labute approximate surface area is 132 Å². The molecule has 1 aromatic rings. The largest absolute Gasteiger partial charge is 0.373 e. The zero-order valence-corrected chi connectivity index (χ0v) is 13.8. The van der Waals surface area contributed by atoms with Gasteiger partial charge in [0, 0.05) is 26.3 Å². The highest BCUT2D eigenvalue weighted by molar-refractivity contribution is 5.92. The van der Waals surface area contributed by atoms with Crippen molar-refractivity contribution in [1.29, 1.82) is 0 Å². The van der Waals surface area contributed by atoms with Crippen LogP contribution in [-0.4, -0.2) is 71.4 Å². The van der Waals surface area contributed by atoms with Gasteiger partial charge in [-0.3, -0.25) is 9.48 Å².